The molecule has 0 aliphatic carbocycles. The van der Waals surface area contributed by atoms with E-state index in [1.807, 2.05) is 0 Å². The molecular weight excluding hydrogens is 401 g/mol. The number of hydrogen-bond acceptors (Lipinski definition) is 5. The molecule has 0 unspecified atom stereocenters. The van der Waals surface area contributed by atoms with Gasteiger partial charge in [0.1, 0.15) is 22.9 Å². The summed E-state index contributed by atoms with van der Waals surface area (Å²) in [6.45, 7) is 0. The first-order chi connectivity index (χ1) is 13.7. The summed E-state index contributed by atoms with van der Waals surface area (Å²) in [4.78, 5) is 26.0. The van der Waals surface area contributed by atoms with Gasteiger partial charge in [-0.1, -0.05) is 23.7 Å². The van der Waals surface area contributed by atoms with Gasteiger partial charge < -0.3 is 19.5 Å². The second kappa shape index (κ2) is 9.43. The number of carbonyl (C=O) groups is 2. The predicted molar refractivity (Wildman–Crippen MR) is 107 cm³/mol. The van der Waals surface area contributed by atoms with Crippen LogP contribution in [-0.2, 0) is 11.2 Å². The molecule has 0 amide bonds. The number of rotatable bonds is 8. The minimum absolute atomic E-state index is 0.0200. The van der Waals surface area contributed by atoms with Crippen LogP contribution in [0.2, 0.25) is 5.02 Å². The number of benzene rings is 2. The van der Waals surface area contributed by atoms with Crippen molar-refractivity contribution < 1.29 is 28.6 Å². The molecule has 1 N–H and O–H groups in total. The smallest absolute Gasteiger partial charge is 0.341 e. The maximum absolute atomic E-state index is 14.3. The topological polar surface area (TPSA) is 76.1 Å². The second-order valence-corrected chi connectivity index (χ2v) is 6.80. The monoisotopic (exact) mass is 421 g/mol. The van der Waals surface area contributed by atoms with Gasteiger partial charge in [0, 0.05) is 32.8 Å². The van der Waals surface area contributed by atoms with Crippen molar-refractivity contribution in [1.29, 1.82) is 0 Å². The number of methoxy groups -OCH3 is 2. The Labute approximate surface area is 173 Å². The number of aliphatic carboxylic acids is 1. The minimum atomic E-state index is -1.37. The number of hydrogen-bond donors (Lipinski definition) is 1. The van der Waals surface area contributed by atoms with E-state index in [1.54, 1.807) is 26.2 Å². The maximum atomic E-state index is 14.3. The first-order valence-electron chi connectivity index (χ1n) is 8.53. The number of Topliss-reactive ketones (excluding diaryl/α,β-unsaturated/α-hetero) is 1. The van der Waals surface area contributed by atoms with Crippen LogP contribution in [0.1, 0.15) is 21.5 Å². The van der Waals surface area contributed by atoms with Crippen LogP contribution in [0.3, 0.4) is 0 Å². The number of carbonyl (C=O) groups excluding carboxylic acids is 1. The van der Waals surface area contributed by atoms with E-state index in [9.17, 15) is 19.1 Å². The number of nitrogens with zero attached hydrogens (tertiary/aromatic N) is 1. The first-order valence-corrected chi connectivity index (χ1v) is 8.91. The fourth-order valence-corrected chi connectivity index (χ4v) is 2.98. The van der Waals surface area contributed by atoms with Crippen molar-refractivity contribution >= 4 is 23.4 Å². The zero-order valence-corrected chi connectivity index (χ0v) is 17.2. The third-order valence-corrected chi connectivity index (χ3v) is 4.41. The summed E-state index contributed by atoms with van der Waals surface area (Å²) >= 11 is 5.85. The summed E-state index contributed by atoms with van der Waals surface area (Å²) in [5, 5.41) is 9.42. The Hall–Kier alpha value is -3.06. The second-order valence-electron chi connectivity index (χ2n) is 6.39. The van der Waals surface area contributed by atoms with Crippen molar-refractivity contribution in [2.75, 3.05) is 28.3 Å². The number of carboxylic acids is 1. The van der Waals surface area contributed by atoms with Gasteiger partial charge in [-0.2, -0.15) is 0 Å². The molecule has 8 heteroatoms. The summed E-state index contributed by atoms with van der Waals surface area (Å²) in [7, 11) is 6.00. The molecule has 0 saturated heterocycles. The normalized spacial score (nSPS) is 11.2. The van der Waals surface area contributed by atoms with Gasteiger partial charge in [-0.05, 0) is 23.3 Å². The van der Waals surface area contributed by atoms with Crippen molar-refractivity contribution in [3.8, 4) is 11.5 Å². The van der Waals surface area contributed by atoms with Crippen LogP contribution in [0.4, 0.5) is 4.39 Å². The van der Waals surface area contributed by atoms with Gasteiger partial charge in [-0.25, -0.2) is 9.18 Å². The van der Waals surface area contributed by atoms with Crippen LogP contribution in [0.5, 0.6) is 11.5 Å². The molecule has 0 aliphatic heterocycles. The Morgan fingerprint density at radius 1 is 1.14 bits per heavy atom. The molecule has 0 fully saturated rings. The Kier molecular flexibility index (Phi) is 7.23. The highest BCUT2D eigenvalue weighted by Crippen LogP contribution is 2.33. The third kappa shape index (κ3) is 5.06. The van der Waals surface area contributed by atoms with Crippen LogP contribution in [0.25, 0.3) is 0 Å². The molecule has 2 rings (SSSR count). The molecule has 0 heterocycles. The average Bonchev–Trinajstić information content (AvgIpc) is 2.68. The van der Waals surface area contributed by atoms with Crippen LogP contribution in [0, 0.1) is 5.82 Å². The maximum Gasteiger partial charge on any atom is 0.341 e. The van der Waals surface area contributed by atoms with Crippen molar-refractivity contribution in [2.45, 2.75) is 6.42 Å². The third-order valence-electron chi connectivity index (χ3n) is 4.12. The van der Waals surface area contributed by atoms with E-state index < -0.39 is 23.1 Å². The van der Waals surface area contributed by atoms with Crippen LogP contribution >= 0.6 is 11.6 Å². The number of carboxylic acid groups (broad SMARTS) is 1. The molecule has 0 atom stereocenters. The molecule has 6 nitrogen and oxygen atoms in total. The molecule has 0 spiro atoms. The minimum Gasteiger partial charge on any atom is -0.496 e. The van der Waals surface area contributed by atoms with Crippen molar-refractivity contribution in [3.63, 3.8) is 0 Å². The van der Waals surface area contributed by atoms with E-state index in [0.29, 0.717) is 16.9 Å². The summed E-state index contributed by atoms with van der Waals surface area (Å²) in [5.41, 5.74) is 0.383. The number of ketones is 1. The zero-order valence-electron chi connectivity index (χ0n) is 16.5. The molecule has 0 aromatic heterocycles. The molecule has 29 heavy (non-hydrogen) atoms. The highest BCUT2D eigenvalue weighted by molar-refractivity contribution is 6.30. The van der Waals surface area contributed by atoms with E-state index >= 15 is 0 Å². The summed E-state index contributed by atoms with van der Waals surface area (Å²) in [6, 6.07) is 7.55. The zero-order chi connectivity index (χ0) is 21.7. The average molecular weight is 422 g/mol. The Morgan fingerprint density at radius 2 is 1.79 bits per heavy atom. The summed E-state index contributed by atoms with van der Waals surface area (Å²) in [6.07, 6.45) is 1.30. The largest absolute Gasteiger partial charge is 0.496 e. The molecule has 2 aromatic rings. The van der Waals surface area contributed by atoms with Gasteiger partial charge >= 0.3 is 5.97 Å². The predicted octanol–water partition coefficient (Wildman–Crippen LogP) is 3.80. The van der Waals surface area contributed by atoms with E-state index in [-0.39, 0.29) is 22.8 Å². The molecule has 0 saturated carbocycles. The highest BCUT2D eigenvalue weighted by atomic mass is 35.5. The van der Waals surface area contributed by atoms with Gasteiger partial charge in [-0.3, -0.25) is 4.79 Å². The first kappa shape index (κ1) is 22.2. The van der Waals surface area contributed by atoms with Crippen molar-refractivity contribution in [1.82, 2.24) is 4.90 Å². The lowest BCUT2D eigenvalue weighted by atomic mass is 9.96. The van der Waals surface area contributed by atoms with Gasteiger partial charge in [0.2, 0.25) is 5.78 Å². The van der Waals surface area contributed by atoms with E-state index in [0.717, 1.165) is 0 Å². The van der Waals surface area contributed by atoms with E-state index in [1.165, 1.54) is 43.5 Å². The lowest BCUT2D eigenvalue weighted by Crippen LogP contribution is -2.17. The molecule has 2 aromatic carbocycles. The van der Waals surface area contributed by atoms with Crippen molar-refractivity contribution in [3.05, 3.63) is 69.6 Å². The Morgan fingerprint density at radius 3 is 2.34 bits per heavy atom. The van der Waals surface area contributed by atoms with Gasteiger partial charge in [0.05, 0.1) is 24.8 Å². The van der Waals surface area contributed by atoms with Crippen molar-refractivity contribution in [2.24, 2.45) is 0 Å². The van der Waals surface area contributed by atoms with Gasteiger partial charge in [0.15, 0.2) is 0 Å². The Bertz CT molecular complexity index is 972. The van der Waals surface area contributed by atoms with Crippen LogP contribution in [0.15, 0.2) is 42.1 Å². The van der Waals surface area contributed by atoms with E-state index in [4.69, 9.17) is 21.1 Å². The van der Waals surface area contributed by atoms with Crippen LogP contribution < -0.4 is 9.47 Å². The molecule has 0 bridgehead atoms. The molecule has 0 radical (unpaired) electrons. The fraction of sp³-hybridized carbons (Fsp3) is 0.238. The lowest BCUT2D eigenvalue weighted by Gasteiger charge is -2.16. The number of halogens is 2. The van der Waals surface area contributed by atoms with Gasteiger partial charge in [-0.15, -0.1) is 0 Å². The fourth-order valence-electron chi connectivity index (χ4n) is 2.78. The van der Waals surface area contributed by atoms with Gasteiger partial charge in [0.25, 0.3) is 0 Å². The standard InChI is InChI=1S/C21H21ClFNO5/c1-24(2)11-15(21(26)27)20(25)14-9-13(17(28-3)10-18(14)29-4)8-12-6-5-7-16(22)19(12)23/h5-7,9-11H,8H2,1-4H3,(H,26,27). The summed E-state index contributed by atoms with van der Waals surface area (Å²) < 4.78 is 25.0. The van der Waals surface area contributed by atoms with Crippen LogP contribution in [-0.4, -0.2) is 50.1 Å². The van der Waals surface area contributed by atoms with E-state index in [2.05, 4.69) is 0 Å². The quantitative estimate of drug-likeness (QED) is 0.302. The SMILES string of the molecule is COc1cc(OC)c(C(=O)C(=CN(C)C)C(=O)O)cc1Cc1cccc(Cl)c1F. The molecule has 0 aliphatic rings. The lowest BCUT2D eigenvalue weighted by molar-refractivity contribution is -0.132. The number of ether oxygens (including phenoxy) is 2. The highest BCUT2D eigenvalue weighted by Gasteiger charge is 2.25. The summed E-state index contributed by atoms with van der Waals surface area (Å²) in [5.74, 6) is -2.17. The Balaban J connectivity index is 2.61. The molecule has 154 valence electrons. The molecular formula is C21H21ClFNO5.